The van der Waals surface area contributed by atoms with Crippen molar-refractivity contribution in [3.05, 3.63) is 44.2 Å². The first-order valence-electron chi connectivity index (χ1n) is 5.01. The lowest BCUT2D eigenvalue weighted by atomic mass is 10.2. The number of anilines is 1. The lowest BCUT2D eigenvalue weighted by Gasteiger charge is -2.02. The maximum Gasteiger partial charge on any atom is 0.300 e. The van der Waals surface area contributed by atoms with Crippen molar-refractivity contribution in [2.45, 2.75) is 6.92 Å². The second-order valence-corrected chi connectivity index (χ2v) is 5.13. The molecule has 0 spiro atoms. The van der Waals surface area contributed by atoms with E-state index in [0.29, 0.717) is 5.13 Å². The second-order valence-electron chi connectivity index (χ2n) is 3.51. The number of pyridine rings is 1. The second kappa shape index (κ2) is 5.29. The lowest BCUT2D eigenvalue weighted by Crippen LogP contribution is -2.14. The van der Waals surface area contributed by atoms with Crippen molar-refractivity contribution in [1.82, 2.24) is 9.97 Å². The third-order valence-electron chi connectivity index (χ3n) is 2.13. The van der Waals surface area contributed by atoms with E-state index in [-0.39, 0.29) is 10.7 Å². The van der Waals surface area contributed by atoms with Crippen LogP contribution in [-0.4, -0.2) is 20.8 Å². The van der Waals surface area contributed by atoms with Gasteiger partial charge in [0, 0.05) is 11.1 Å². The number of aromatic nitrogens is 2. The zero-order chi connectivity index (χ0) is 14.0. The molecule has 0 aromatic carbocycles. The van der Waals surface area contributed by atoms with Gasteiger partial charge in [0.15, 0.2) is 5.13 Å². The summed E-state index contributed by atoms with van der Waals surface area (Å²) in [5, 5.41) is 13.7. The molecular weight excluding hydrogens is 292 g/mol. The summed E-state index contributed by atoms with van der Waals surface area (Å²) in [6.07, 6.45) is 2.54. The van der Waals surface area contributed by atoms with Crippen LogP contribution in [0, 0.1) is 17.0 Å². The smallest absolute Gasteiger partial charge is 0.298 e. The zero-order valence-corrected chi connectivity index (χ0v) is 11.2. The largest absolute Gasteiger partial charge is 0.300 e. The molecular formula is C10H7ClN4O3S. The third kappa shape index (κ3) is 3.04. The average Bonchev–Trinajstić information content (AvgIpc) is 2.74. The van der Waals surface area contributed by atoms with Crippen LogP contribution in [0.25, 0.3) is 0 Å². The fourth-order valence-corrected chi connectivity index (χ4v) is 2.14. The van der Waals surface area contributed by atoms with Crippen LogP contribution in [0.2, 0.25) is 5.15 Å². The quantitative estimate of drug-likeness (QED) is 0.533. The van der Waals surface area contributed by atoms with Gasteiger partial charge in [-0.2, -0.15) is 0 Å². The highest BCUT2D eigenvalue weighted by Gasteiger charge is 2.22. The van der Waals surface area contributed by atoms with Gasteiger partial charge in [0.1, 0.15) is 16.9 Å². The number of carbonyl (C=O) groups is 1. The number of thiazole rings is 1. The van der Waals surface area contributed by atoms with Crippen LogP contribution < -0.4 is 5.32 Å². The predicted molar refractivity (Wildman–Crippen MR) is 70.7 cm³/mol. The van der Waals surface area contributed by atoms with Crippen molar-refractivity contribution in [1.29, 1.82) is 0 Å². The first-order chi connectivity index (χ1) is 8.97. The van der Waals surface area contributed by atoms with Gasteiger partial charge in [0.25, 0.3) is 11.6 Å². The van der Waals surface area contributed by atoms with Crippen molar-refractivity contribution in [2.75, 3.05) is 5.32 Å². The van der Waals surface area contributed by atoms with Crippen LogP contribution >= 0.6 is 22.9 Å². The fraction of sp³-hybridized carbons (Fsp3) is 0.100. The van der Waals surface area contributed by atoms with Crippen molar-refractivity contribution >= 4 is 39.7 Å². The Balaban J connectivity index is 2.32. The Morgan fingerprint density at radius 2 is 2.21 bits per heavy atom. The van der Waals surface area contributed by atoms with Crippen molar-refractivity contribution in [3.63, 3.8) is 0 Å². The van der Waals surface area contributed by atoms with Gasteiger partial charge in [-0.25, -0.2) is 9.97 Å². The van der Waals surface area contributed by atoms with Gasteiger partial charge in [-0.3, -0.25) is 20.2 Å². The number of rotatable bonds is 3. The number of hydrogen-bond donors (Lipinski definition) is 1. The van der Waals surface area contributed by atoms with E-state index >= 15 is 0 Å². The van der Waals surface area contributed by atoms with E-state index in [0.717, 1.165) is 17.1 Å². The molecule has 0 unspecified atom stereocenters. The molecule has 19 heavy (non-hydrogen) atoms. The molecule has 1 N–H and O–H groups in total. The maximum absolute atomic E-state index is 12.0. The molecule has 0 saturated heterocycles. The Morgan fingerprint density at radius 3 is 2.79 bits per heavy atom. The number of aryl methyl sites for hydroxylation is 1. The third-order valence-corrected chi connectivity index (χ3v) is 3.17. The summed E-state index contributed by atoms with van der Waals surface area (Å²) >= 11 is 6.91. The molecule has 0 aliphatic carbocycles. The topological polar surface area (TPSA) is 98.0 Å². The average molecular weight is 299 g/mol. The van der Waals surface area contributed by atoms with E-state index in [1.165, 1.54) is 11.3 Å². The number of nitro groups is 1. The lowest BCUT2D eigenvalue weighted by molar-refractivity contribution is -0.385. The molecule has 9 heteroatoms. The first kappa shape index (κ1) is 13.4. The van der Waals surface area contributed by atoms with Gasteiger partial charge in [-0.1, -0.05) is 11.6 Å². The Morgan fingerprint density at radius 1 is 1.47 bits per heavy atom. The van der Waals surface area contributed by atoms with Crippen molar-refractivity contribution in [2.24, 2.45) is 0 Å². The number of carbonyl (C=O) groups excluding carboxylic acids is 1. The summed E-state index contributed by atoms with van der Waals surface area (Å²) in [6.45, 7) is 1.83. The minimum Gasteiger partial charge on any atom is -0.298 e. The van der Waals surface area contributed by atoms with Crippen molar-refractivity contribution in [3.8, 4) is 0 Å². The Kier molecular flexibility index (Phi) is 3.72. The van der Waals surface area contributed by atoms with E-state index in [4.69, 9.17) is 11.6 Å². The van der Waals surface area contributed by atoms with Gasteiger partial charge in [0.05, 0.1) is 4.92 Å². The molecule has 2 rings (SSSR count). The first-order valence-corrected chi connectivity index (χ1v) is 6.20. The monoisotopic (exact) mass is 298 g/mol. The molecule has 0 radical (unpaired) electrons. The maximum atomic E-state index is 12.0. The van der Waals surface area contributed by atoms with Gasteiger partial charge in [-0.15, -0.1) is 11.3 Å². The fourth-order valence-electron chi connectivity index (χ4n) is 1.33. The summed E-state index contributed by atoms with van der Waals surface area (Å²) < 4.78 is 0. The number of halogens is 1. The van der Waals surface area contributed by atoms with Gasteiger partial charge in [0.2, 0.25) is 0 Å². The van der Waals surface area contributed by atoms with E-state index in [1.807, 2.05) is 6.92 Å². The molecule has 0 atom stereocenters. The molecule has 1 amide bonds. The van der Waals surface area contributed by atoms with Crippen molar-refractivity contribution < 1.29 is 9.72 Å². The highest BCUT2D eigenvalue weighted by Crippen LogP contribution is 2.23. The molecule has 98 valence electrons. The molecule has 2 aromatic heterocycles. The molecule has 0 bridgehead atoms. The van der Waals surface area contributed by atoms with Crippen LogP contribution in [-0.2, 0) is 0 Å². The van der Waals surface area contributed by atoms with Gasteiger partial charge in [-0.05, 0) is 13.0 Å². The highest BCUT2D eigenvalue weighted by atomic mass is 35.5. The van der Waals surface area contributed by atoms with E-state index in [9.17, 15) is 14.9 Å². The van der Waals surface area contributed by atoms with Gasteiger partial charge < -0.3 is 0 Å². The minimum absolute atomic E-state index is 0.00562. The normalized spacial score (nSPS) is 10.2. The van der Waals surface area contributed by atoms with Crippen LogP contribution in [0.3, 0.4) is 0 Å². The van der Waals surface area contributed by atoms with Gasteiger partial charge >= 0.3 is 0 Å². The predicted octanol–water partition coefficient (Wildman–Crippen LogP) is 2.66. The summed E-state index contributed by atoms with van der Waals surface area (Å²) in [7, 11) is 0. The molecule has 0 aliphatic heterocycles. The van der Waals surface area contributed by atoms with E-state index in [1.54, 1.807) is 6.20 Å². The number of hydrogen-bond acceptors (Lipinski definition) is 6. The molecule has 2 aromatic rings. The SMILES string of the molecule is Cc1cnc(NC(=O)c2cc(Cl)ncc2[N+](=O)[O-])s1. The molecule has 2 heterocycles. The van der Waals surface area contributed by atoms with E-state index < -0.39 is 16.5 Å². The Hall–Kier alpha value is -2.06. The van der Waals surface area contributed by atoms with E-state index in [2.05, 4.69) is 15.3 Å². The number of nitrogens with one attached hydrogen (secondary N) is 1. The highest BCUT2D eigenvalue weighted by molar-refractivity contribution is 7.15. The zero-order valence-electron chi connectivity index (χ0n) is 9.58. The number of nitrogens with zero attached hydrogens (tertiary/aromatic N) is 3. The Labute approximate surface area is 116 Å². The number of amides is 1. The summed E-state index contributed by atoms with van der Waals surface area (Å²) in [5.41, 5.74) is -0.562. The molecule has 0 saturated carbocycles. The standard InChI is InChI=1S/C10H7ClN4O3S/c1-5-3-13-10(19-5)14-9(16)6-2-8(11)12-4-7(6)15(17)18/h2-4H,1H3,(H,13,14,16). The Bertz CT molecular complexity index is 658. The molecule has 0 aliphatic rings. The summed E-state index contributed by atoms with van der Waals surface area (Å²) in [6, 6.07) is 1.15. The summed E-state index contributed by atoms with van der Waals surface area (Å²) in [4.78, 5) is 30.5. The summed E-state index contributed by atoms with van der Waals surface area (Å²) in [5.74, 6) is -0.648. The van der Waals surface area contributed by atoms with Crippen LogP contribution in [0.1, 0.15) is 15.2 Å². The van der Waals surface area contributed by atoms with Crippen LogP contribution in [0.4, 0.5) is 10.8 Å². The van der Waals surface area contributed by atoms with Crippen LogP contribution in [0.15, 0.2) is 18.5 Å². The van der Waals surface area contributed by atoms with Crippen LogP contribution in [0.5, 0.6) is 0 Å². The minimum atomic E-state index is -0.689. The molecule has 7 nitrogen and oxygen atoms in total. The molecule has 0 fully saturated rings.